The highest BCUT2D eigenvalue weighted by atomic mass is 32.2. The third kappa shape index (κ3) is 3.95. The van der Waals surface area contributed by atoms with Crippen molar-refractivity contribution < 1.29 is 17.6 Å². The fourth-order valence-corrected chi connectivity index (χ4v) is 5.58. The number of amides is 1. The summed E-state index contributed by atoms with van der Waals surface area (Å²) >= 11 is 0. The van der Waals surface area contributed by atoms with Gasteiger partial charge in [0, 0.05) is 19.1 Å². The van der Waals surface area contributed by atoms with Crippen LogP contribution in [0.4, 0.5) is 10.1 Å². The van der Waals surface area contributed by atoms with Crippen molar-refractivity contribution in [2.24, 2.45) is 0 Å². The molecule has 1 aliphatic heterocycles. The number of aromatic nitrogens is 2. The molecule has 0 unspecified atom stereocenters. The van der Waals surface area contributed by atoms with Gasteiger partial charge in [0.25, 0.3) is 0 Å². The fraction of sp³-hybridized carbons (Fsp3) is 0.364. The Balaban J connectivity index is 1.76. The van der Waals surface area contributed by atoms with E-state index in [1.807, 2.05) is 13.8 Å². The quantitative estimate of drug-likeness (QED) is 0.612. The smallest absolute Gasteiger partial charge is 0.322 e. The Morgan fingerprint density at radius 1 is 1.09 bits per heavy atom. The predicted molar refractivity (Wildman–Crippen MR) is 120 cm³/mol. The molecule has 2 heterocycles. The monoisotopic (exact) mass is 460 g/mol. The van der Waals surface area contributed by atoms with Crippen LogP contribution in [0.1, 0.15) is 32.7 Å². The van der Waals surface area contributed by atoms with Crippen LogP contribution in [0.3, 0.4) is 0 Å². The average Bonchev–Trinajstić information content (AvgIpc) is 3.37. The molecule has 32 heavy (non-hydrogen) atoms. The van der Waals surface area contributed by atoms with Crippen molar-refractivity contribution in [3.05, 3.63) is 58.8 Å². The van der Waals surface area contributed by atoms with Crippen molar-refractivity contribution in [1.82, 2.24) is 13.4 Å². The third-order valence-corrected chi connectivity index (χ3v) is 7.50. The van der Waals surface area contributed by atoms with Crippen molar-refractivity contribution in [1.29, 1.82) is 0 Å². The molecule has 1 aromatic heterocycles. The Labute approximate surface area is 185 Å². The maximum Gasteiger partial charge on any atom is 0.329 e. The number of nitrogens with zero attached hydrogens (tertiary/aromatic N) is 3. The van der Waals surface area contributed by atoms with E-state index in [1.165, 1.54) is 43.8 Å². The van der Waals surface area contributed by atoms with Crippen LogP contribution in [0.5, 0.6) is 0 Å². The lowest BCUT2D eigenvalue weighted by molar-refractivity contribution is -0.116. The number of halogens is 1. The van der Waals surface area contributed by atoms with Crippen LogP contribution < -0.4 is 11.0 Å². The molecule has 1 fully saturated rings. The lowest BCUT2D eigenvalue weighted by atomic mass is 10.3. The molecule has 8 nitrogen and oxygen atoms in total. The number of benzene rings is 2. The molecule has 170 valence electrons. The number of hydrogen-bond donors (Lipinski definition) is 1. The molecule has 1 aliphatic rings. The number of rotatable bonds is 6. The van der Waals surface area contributed by atoms with E-state index >= 15 is 0 Å². The predicted octanol–water partition coefficient (Wildman–Crippen LogP) is 2.95. The number of carbonyl (C=O) groups is 1. The topological polar surface area (TPSA) is 93.4 Å². The van der Waals surface area contributed by atoms with Gasteiger partial charge in [0.15, 0.2) is 0 Å². The fourth-order valence-electron chi connectivity index (χ4n) is 4.05. The summed E-state index contributed by atoms with van der Waals surface area (Å²) in [6.45, 7) is 4.21. The van der Waals surface area contributed by atoms with Crippen LogP contribution in [0.15, 0.2) is 52.2 Å². The van der Waals surface area contributed by atoms with Crippen molar-refractivity contribution in [3.8, 4) is 0 Å². The van der Waals surface area contributed by atoms with Gasteiger partial charge in [0.2, 0.25) is 15.9 Å². The van der Waals surface area contributed by atoms with Gasteiger partial charge in [-0.1, -0.05) is 12.1 Å². The van der Waals surface area contributed by atoms with Gasteiger partial charge in [-0.2, -0.15) is 4.31 Å². The normalized spacial score (nSPS) is 15.0. The summed E-state index contributed by atoms with van der Waals surface area (Å²) in [4.78, 5) is 25.8. The summed E-state index contributed by atoms with van der Waals surface area (Å²) in [5.74, 6) is -1.18. The molecule has 3 aromatic rings. The molecule has 10 heteroatoms. The average molecular weight is 461 g/mol. The second-order valence-corrected chi connectivity index (χ2v) is 10.1. The van der Waals surface area contributed by atoms with E-state index < -0.39 is 27.4 Å². The van der Waals surface area contributed by atoms with E-state index in [0.29, 0.717) is 24.1 Å². The first-order valence-corrected chi connectivity index (χ1v) is 11.9. The van der Waals surface area contributed by atoms with Gasteiger partial charge in [-0.3, -0.25) is 13.9 Å². The third-order valence-electron chi connectivity index (χ3n) is 5.60. The lowest BCUT2D eigenvalue weighted by Crippen LogP contribution is -2.30. The van der Waals surface area contributed by atoms with Crippen molar-refractivity contribution in [2.45, 2.75) is 44.2 Å². The maximum atomic E-state index is 13.9. The molecular weight excluding hydrogens is 435 g/mol. The first kappa shape index (κ1) is 22.2. The number of carbonyl (C=O) groups excluding carboxylic acids is 1. The summed E-state index contributed by atoms with van der Waals surface area (Å²) in [6.07, 6.45) is 1.62. The first-order chi connectivity index (χ1) is 15.2. The number of fused-ring (bicyclic) bond motifs is 1. The van der Waals surface area contributed by atoms with E-state index in [2.05, 4.69) is 5.32 Å². The SMILES string of the molecule is CC(C)n1c(=O)n(CC(=O)Nc2ccccc2F)c2cc(S(=O)(=O)N3CCCC3)ccc21. The van der Waals surface area contributed by atoms with Gasteiger partial charge in [0.05, 0.1) is 21.6 Å². The molecule has 0 bridgehead atoms. The second-order valence-electron chi connectivity index (χ2n) is 8.12. The number of para-hydroxylation sites is 1. The number of hydrogen-bond acceptors (Lipinski definition) is 4. The van der Waals surface area contributed by atoms with Gasteiger partial charge >= 0.3 is 5.69 Å². The van der Waals surface area contributed by atoms with Gasteiger partial charge < -0.3 is 5.32 Å². The van der Waals surface area contributed by atoms with Crippen LogP contribution >= 0.6 is 0 Å². The van der Waals surface area contributed by atoms with Crippen molar-refractivity contribution >= 4 is 32.7 Å². The summed E-state index contributed by atoms with van der Waals surface area (Å²) < 4.78 is 44.1. The molecule has 2 aromatic carbocycles. The van der Waals surface area contributed by atoms with Crippen LogP contribution in [0.2, 0.25) is 0 Å². The lowest BCUT2D eigenvalue weighted by Gasteiger charge is -2.16. The van der Waals surface area contributed by atoms with Crippen molar-refractivity contribution in [3.63, 3.8) is 0 Å². The van der Waals surface area contributed by atoms with Gasteiger partial charge in [-0.15, -0.1) is 0 Å². The number of anilines is 1. The Bertz CT molecular complexity index is 1340. The first-order valence-electron chi connectivity index (χ1n) is 10.5. The highest BCUT2D eigenvalue weighted by Gasteiger charge is 2.28. The Morgan fingerprint density at radius 3 is 2.44 bits per heavy atom. The molecule has 0 spiro atoms. The highest BCUT2D eigenvalue weighted by Crippen LogP contribution is 2.25. The van der Waals surface area contributed by atoms with Crippen LogP contribution in [-0.4, -0.2) is 40.9 Å². The van der Waals surface area contributed by atoms with E-state index in [9.17, 15) is 22.4 Å². The molecule has 1 saturated heterocycles. The number of imidazole rings is 1. The summed E-state index contributed by atoms with van der Waals surface area (Å²) in [7, 11) is -3.69. The molecular formula is C22H25FN4O4S. The van der Waals surface area contributed by atoms with Crippen LogP contribution in [-0.2, 0) is 21.4 Å². The number of nitrogens with one attached hydrogen (secondary N) is 1. The summed E-state index contributed by atoms with van der Waals surface area (Å²) in [6, 6.07) is 10.1. The van der Waals surface area contributed by atoms with E-state index in [4.69, 9.17) is 0 Å². The standard InChI is InChI=1S/C22H25FN4O4S/c1-15(2)27-19-10-9-16(32(30,31)25-11-5-6-12-25)13-20(19)26(22(27)29)14-21(28)24-18-8-4-3-7-17(18)23/h3-4,7-10,13,15H,5-6,11-12,14H2,1-2H3,(H,24,28). The highest BCUT2D eigenvalue weighted by molar-refractivity contribution is 7.89. The summed E-state index contributed by atoms with van der Waals surface area (Å²) in [5, 5.41) is 2.47. The van der Waals surface area contributed by atoms with Gasteiger partial charge in [-0.05, 0) is 57.0 Å². The zero-order valence-corrected chi connectivity index (χ0v) is 18.7. The maximum absolute atomic E-state index is 13.9. The Kier molecular flexibility index (Phi) is 5.91. The molecule has 1 N–H and O–H groups in total. The molecule has 0 saturated carbocycles. The summed E-state index contributed by atoms with van der Waals surface area (Å²) in [5.41, 5.74) is 0.446. The minimum Gasteiger partial charge on any atom is -0.322 e. The Morgan fingerprint density at radius 2 is 1.78 bits per heavy atom. The van der Waals surface area contributed by atoms with Crippen LogP contribution in [0, 0.1) is 5.82 Å². The van der Waals surface area contributed by atoms with Gasteiger partial charge in [-0.25, -0.2) is 17.6 Å². The zero-order valence-electron chi connectivity index (χ0n) is 17.9. The molecule has 0 radical (unpaired) electrons. The molecule has 1 amide bonds. The number of sulfonamides is 1. The largest absolute Gasteiger partial charge is 0.329 e. The van der Waals surface area contributed by atoms with Crippen LogP contribution in [0.25, 0.3) is 11.0 Å². The minimum absolute atomic E-state index is 0.00967. The van der Waals surface area contributed by atoms with E-state index in [1.54, 1.807) is 12.1 Å². The molecule has 4 rings (SSSR count). The zero-order chi connectivity index (χ0) is 23.0. The molecule has 0 aliphatic carbocycles. The van der Waals surface area contributed by atoms with Crippen molar-refractivity contribution in [2.75, 3.05) is 18.4 Å². The molecule has 0 atom stereocenters. The second kappa shape index (κ2) is 8.51. The van der Waals surface area contributed by atoms with Gasteiger partial charge in [0.1, 0.15) is 12.4 Å². The van der Waals surface area contributed by atoms with E-state index in [-0.39, 0.29) is 23.2 Å². The minimum atomic E-state index is -3.69. The Hall–Kier alpha value is -2.98. The van der Waals surface area contributed by atoms with E-state index in [0.717, 1.165) is 12.8 Å².